The van der Waals surface area contributed by atoms with Gasteiger partial charge in [0, 0.05) is 4.88 Å². The average Bonchev–Trinajstić information content (AvgIpc) is 2.50. The number of halogens is 3. The minimum atomic E-state index is -4.16. The summed E-state index contributed by atoms with van der Waals surface area (Å²) in [4.78, 5) is 12.0. The number of hydrogen-bond donors (Lipinski definition) is 1. The number of hydrogen-bond acceptors (Lipinski definition) is 3. The van der Waals surface area contributed by atoms with Crippen LogP contribution in [0.4, 0.5) is 18.2 Å². The molecule has 1 aliphatic carbocycles. The molecule has 2 rings (SSSR count). The normalized spacial score (nSPS) is 20.1. The molecule has 0 saturated carbocycles. The predicted molar refractivity (Wildman–Crippen MR) is 60.3 cm³/mol. The summed E-state index contributed by atoms with van der Waals surface area (Å²) in [5.41, 5.74) is 6.87. The van der Waals surface area contributed by atoms with E-state index in [9.17, 15) is 18.0 Å². The van der Waals surface area contributed by atoms with Gasteiger partial charge in [-0.2, -0.15) is 13.2 Å². The van der Waals surface area contributed by atoms with Crippen molar-refractivity contribution < 1.29 is 18.0 Å². The van der Waals surface area contributed by atoms with Gasteiger partial charge in [-0.1, -0.05) is 0 Å². The zero-order valence-electron chi connectivity index (χ0n) is 9.23. The number of ketones is 1. The molecule has 1 aromatic rings. The molecule has 1 aromatic heterocycles. The summed E-state index contributed by atoms with van der Waals surface area (Å²) in [5.74, 6) is -1.46. The standard InChI is InChI=1S/C11H12F3NOS/c1-5(16)9-7-3-2-6(11(12,13)14)4-8(7)17-10(9)15/h6H,2-4,15H2,1H3. The molecule has 1 atom stereocenters. The van der Waals surface area contributed by atoms with Gasteiger partial charge < -0.3 is 5.73 Å². The number of alkyl halides is 3. The lowest BCUT2D eigenvalue weighted by atomic mass is 9.86. The quantitative estimate of drug-likeness (QED) is 0.791. The van der Waals surface area contributed by atoms with Gasteiger partial charge in [-0.25, -0.2) is 0 Å². The summed E-state index contributed by atoms with van der Waals surface area (Å²) in [6.45, 7) is 1.40. The SMILES string of the molecule is CC(=O)c1c(N)sc2c1CCC(C(F)(F)F)C2. The highest BCUT2D eigenvalue weighted by Crippen LogP contribution is 2.43. The van der Waals surface area contributed by atoms with Crippen molar-refractivity contribution in [1.82, 2.24) is 0 Å². The number of fused-ring (bicyclic) bond motifs is 1. The molecule has 6 heteroatoms. The van der Waals surface area contributed by atoms with E-state index < -0.39 is 12.1 Å². The van der Waals surface area contributed by atoms with Gasteiger partial charge in [0.2, 0.25) is 0 Å². The van der Waals surface area contributed by atoms with Crippen molar-refractivity contribution in [2.24, 2.45) is 5.92 Å². The van der Waals surface area contributed by atoms with Crippen LogP contribution in [0.2, 0.25) is 0 Å². The number of nitrogens with two attached hydrogens (primary N) is 1. The van der Waals surface area contributed by atoms with Crippen LogP contribution in [0, 0.1) is 5.92 Å². The van der Waals surface area contributed by atoms with Crippen LogP contribution in [0.25, 0.3) is 0 Å². The number of Topliss-reactive ketones (excluding diaryl/α,β-unsaturated/α-hetero) is 1. The van der Waals surface area contributed by atoms with Gasteiger partial charge in [-0.15, -0.1) is 11.3 Å². The molecular formula is C11H12F3NOS. The van der Waals surface area contributed by atoms with Gasteiger partial charge in [0.25, 0.3) is 0 Å². The molecule has 1 aliphatic rings. The molecule has 0 amide bonds. The van der Waals surface area contributed by atoms with Crippen LogP contribution in [-0.4, -0.2) is 12.0 Å². The van der Waals surface area contributed by atoms with E-state index in [0.29, 0.717) is 21.9 Å². The lowest BCUT2D eigenvalue weighted by Gasteiger charge is -2.24. The Morgan fingerprint density at radius 3 is 2.65 bits per heavy atom. The van der Waals surface area contributed by atoms with Crippen LogP contribution in [0.15, 0.2) is 0 Å². The summed E-state index contributed by atoms with van der Waals surface area (Å²) in [5, 5.41) is 0.352. The zero-order valence-corrected chi connectivity index (χ0v) is 10.0. The van der Waals surface area contributed by atoms with Crippen molar-refractivity contribution in [2.75, 3.05) is 5.73 Å². The summed E-state index contributed by atoms with van der Waals surface area (Å²) in [6, 6.07) is 0. The van der Waals surface area contributed by atoms with Gasteiger partial charge >= 0.3 is 6.18 Å². The molecule has 0 aromatic carbocycles. The van der Waals surface area contributed by atoms with Crippen LogP contribution in [0.3, 0.4) is 0 Å². The topological polar surface area (TPSA) is 43.1 Å². The van der Waals surface area contributed by atoms with Gasteiger partial charge in [-0.3, -0.25) is 4.79 Å². The molecule has 2 nitrogen and oxygen atoms in total. The van der Waals surface area contributed by atoms with Crippen LogP contribution in [0.5, 0.6) is 0 Å². The van der Waals surface area contributed by atoms with E-state index in [-0.39, 0.29) is 18.6 Å². The maximum Gasteiger partial charge on any atom is 0.392 e. The molecule has 0 fully saturated rings. The van der Waals surface area contributed by atoms with Gasteiger partial charge in [0.1, 0.15) is 0 Å². The zero-order chi connectivity index (χ0) is 12.8. The molecular weight excluding hydrogens is 251 g/mol. The van der Waals surface area contributed by atoms with Crippen molar-refractivity contribution in [1.29, 1.82) is 0 Å². The van der Waals surface area contributed by atoms with Crippen LogP contribution in [0.1, 0.15) is 34.1 Å². The molecule has 0 saturated heterocycles. The summed E-state index contributed by atoms with van der Waals surface area (Å²) in [6.07, 6.45) is -3.86. The minimum Gasteiger partial charge on any atom is -0.390 e. The summed E-state index contributed by atoms with van der Waals surface area (Å²) < 4.78 is 37.8. The van der Waals surface area contributed by atoms with E-state index in [0.717, 1.165) is 16.9 Å². The smallest absolute Gasteiger partial charge is 0.390 e. The van der Waals surface area contributed by atoms with Crippen LogP contribution < -0.4 is 5.73 Å². The van der Waals surface area contributed by atoms with E-state index in [2.05, 4.69) is 0 Å². The average molecular weight is 263 g/mol. The first-order valence-electron chi connectivity index (χ1n) is 5.28. The molecule has 1 heterocycles. The second-order valence-corrected chi connectivity index (χ2v) is 5.42. The Balaban J connectivity index is 2.35. The molecule has 0 bridgehead atoms. The van der Waals surface area contributed by atoms with Gasteiger partial charge in [0.15, 0.2) is 5.78 Å². The van der Waals surface area contributed by atoms with E-state index in [1.165, 1.54) is 6.92 Å². The Morgan fingerprint density at radius 2 is 2.12 bits per heavy atom. The largest absolute Gasteiger partial charge is 0.392 e. The highest BCUT2D eigenvalue weighted by atomic mass is 32.1. The second-order valence-electron chi connectivity index (χ2n) is 4.28. The van der Waals surface area contributed by atoms with Gasteiger partial charge in [0.05, 0.1) is 16.5 Å². The number of nitrogen functional groups attached to an aromatic ring is 1. The third kappa shape index (κ3) is 2.18. The number of thiophene rings is 1. The maximum atomic E-state index is 12.6. The second kappa shape index (κ2) is 4.01. The van der Waals surface area contributed by atoms with E-state index in [1.807, 2.05) is 0 Å². The molecule has 2 N–H and O–H groups in total. The first kappa shape index (κ1) is 12.4. The van der Waals surface area contributed by atoms with Gasteiger partial charge in [-0.05, 0) is 31.7 Å². The first-order chi connectivity index (χ1) is 7.80. The highest BCUT2D eigenvalue weighted by molar-refractivity contribution is 7.16. The van der Waals surface area contributed by atoms with Crippen LogP contribution >= 0.6 is 11.3 Å². The third-order valence-electron chi connectivity index (χ3n) is 3.11. The van der Waals surface area contributed by atoms with E-state index in [1.54, 1.807) is 0 Å². The van der Waals surface area contributed by atoms with Crippen molar-refractivity contribution in [3.05, 3.63) is 16.0 Å². The van der Waals surface area contributed by atoms with Crippen molar-refractivity contribution in [3.63, 3.8) is 0 Å². The Bertz CT molecular complexity index is 464. The number of carbonyl (C=O) groups excluding carboxylic acids is 1. The Hall–Kier alpha value is -1.04. The first-order valence-corrected chi connectivity index (χ1v) is 6.10. The molecule has 17 heavy (non-hydrogen) atoms. The summed E-state index contributed by atoms with van der Waals surface area (Å²) in [7, 11) is 0. The number of carbonyl (C=O) groups is 1. The fourth-order valence-corrected chi connectivity index (χ4v) is 3.52. The lowest BCUT2D eigenvalue weighted by molar-refractivity contribution is -0.176. The molecule has 0 radical (unpaired) electrons. The Morgan fingerprint density at radius 1 is 1.47 bits per heavy atom. The van der Waals surface area contributed by atoms with Crippen LogP contribution in [-0.2, 0) is 12.8 Å². The molecule has 0 aliphatic heterocycles. The monoisotopic (exact) mass is 263 g/mol. The lowest BCUT2D eigenvalue weighted by Crippen LogP contribution is -2.28. The van der Waals surface area contributed by atoms with Crippen molar-refractivity contribution in [2.45, 2.75) is 32.4 Å². The fourth-order valence-electron chi connectivity index (χ4n) is 2.27. The van der Waals surface area contributed by atoms with Crippen molar-refractivity contribution in [3.8, 4) is 0 Å². The van der Waals surface area contributed by atoms with E-state index in [4.69, 9.17) is 5.73 Å². The van der Waals surface area contributed by atoms with Crippen molar-refractivity contribution >= 4 is 22.1 Å². The molecule has 1 unspecified atom stereocenters. The number of anilines is 1. The fraction of sp³-hybridized carbons (Fsp3) is 0.545. The minimum absolute atomic E-state index is 0.0407. The summed E-state index contributed by atoms with van der Waals surface area (Å²) >= 11 is 1.12. The van der Waals surface area contributed by atoms with E-state index >= 15 is 0 Å². The Kier molecular flexibility index (Phi) is 2.93. The molecule has 94 valence electrons. The predicted octanol–water partition coefficient (Wildman–Crippen LogP) is 3.20. The maximum absolute atomic E-state index is 12.6. The molecule has 0 spiro atoms. The third-order valence-corrected chi connectivity index (χ3v) is 4.19. The highest BCUT2D eigenvalue weighted by Gasteiger charge is 2.42. The Labute approximate surface area is 101 Å². The number of rotatable bonds is 1.